The van der Waals surface area contributed by atoms with E-state index in [0.29, 0.717) is 12.6 Å². The van der Waals surface area contributed by atoms with Crippen LogP contribution in [0.25, 0.3) is 0 Å². The Morgan fingerprint density at radius 3 is 2.70 bits per heavy atom. The van der Waals surface area contributed by atoms with E-state index in [2.05, 4.69) is 15.5 Å². The maximum Gasteiger partial charge on any atom is 0.234 e. The minimum atomic E-state index is 0.137. The second-order valence-corrected chi connectivity index (χ2v) is 5.86. The first kappa shape index (κ1) is 15.0. The first-order valence-corrected chi connectivity index (χ1v) is 7.70. The molecule has 1 saturated carbocycles. The monoisotopic (exact) mass is 278 g/mol. The Morgan fingerprint density at radius 1 is 1.35 bits per heavy atom. The number of aromatic amines is 1. The topological polar surface area (TPSA) is 61.0 Å². The highest BCUT2D eigenvalue weighted by molar-refractivity contribution is 5.78. The van der Waals surface area contributed by atoms with Gasteiger partial charge in [0.05, 0.1) is 6.54 Å². The lowest BCUT2D eigenvalue weighted by molar-refractivity contribution is -0.122. The van der Waals surface area contributed by atoms with Crippen molar-refractivity contribution >= 4 is 5.91 Å². The summed E-state index contributed by atoms with van der Waals surface area (Å²) in [5, 5.41) is 10.0. The van der Waals surface area contributed by atoms with Gasteiger partial charge in [0.25, 0.3) is 0 Å². The summed E-state index contributed by atoms with van der Waals surface area (Å²) in [6, 6.07) is 2.31. The van der Waals surface area contributed by atoms with Crippen molar-refractivity contribution in [2.24, 2.45) is 0 Å². The van der Waals surface area contributed by atoms with Crippen molar-refractivity contribution in [2.45, 2.75) is 57.5 Å². The molecular weight excluding hydrogens is 252 g/mol. The number of hydrogen-bond acceptors (Lipinski definition) is 3. The van der Waals surface area contributed by atoms with Crippen LogP contribution >= 0.6 is 0 Å². The van der Waals surface area contributed by atoms with Gasteiger partial charge in [0.1, 0.15) is 0 Å². The van der Waals surface area contributed by atoms with Gasteiger partial charge < -0.3 is 5.32 Å². The Labute approximate surface area is 121 Å². The van der Waals surface area contributed by atoms with Gasteiger partial charge in [0.15, 0.2) is 0 Å². The quantitative estimate of drug-likeness (QED) is 0.867. The molecule has 0 saturated heterocycles. The van der Waals surface area contributed by atoms with Crippen LogP contribution in [0, 0.1) is 0 Å². The maximum atomic E-state index is 12.1. The average molecular weight is 278 g/mol. The van der Waals surface area contributed by atoms with Crippen molar-refractivity contribution in [1.29, 1.82) is 0 Å². The fourth-order valence-electron chi connectivity index (χ4n) is 2.84. The summed E-state index contributed by atoms with van der Waals surface area (Å²) in [6.45, 7) is 1.16. The number of H-pyrrole nitrogens is 1. The van der Waals surface area contributed by atoms with Crippen molar-refractivity contribution in [1.82, 2.24) is 20.4 Å². The van der Waals surface area contributed by atoms with Crippen LogP contribution in [0.5, 0.6) is 0 Å². The molecule has 1 fully saturated rings. The van der Waals surface area contributed by atoms with E-state index in [9.17, 15) is 4.79 Å². The molecule has 0 bridgehead atoms. The van der Waals surface area contributed by atoms with E-state index in [1.54, 1.807) is 6.20 Å². The minimum Gasteiger partial charge on any atom is -0.352 e. The third-order valence-electron chi connectivity index (χ3n) is 3.88. The average Bonchev–Trinajstić information content (AvgIpc) is 2.84. The fraction of sp³-hybridized carbons (Fsp3) is 0.733. The normalized spacial score (nSPS) is 17.7. The van der Waals surface area contributed by atoms with Crippen LogP contribution in [-0.4, -0.2) is 40.6 Å². The molecule has 1 aliphatic carbocycles. The lowest BCUT2D eigenvalue weighted by Gasteiger charge is -2.22. The zero-order valence-corrected chi connectivity index (χ0v) is 12.4. The van der Waals surface area contributed by atoms with Crippen LogP contribution in [0.2, 0.25) is 0 Å². The lowest BCUT2D eigenvalue weighted by atomic mass is 9.97. The summed E-state index contributed by atoms with van der Waals surface area (Å²) in [5.74, 6) is 0.137. The van der Waals surface area contributed by atoms with Gasteiger partial charge >= 0.3 is 0 Å². The molecule has 1 aliphatic rings. The summed E-state index contributed by atoms with van der Waals surface area (Å²) >= 11 is 0. The third-order valence-corrected chi connectivity index (χ3v) is 3.88. The number of nitrogens with one attached hydrogen (secondary N) is 2. The minimum absolute atomic E-state index is 0.137. The maximum absolute atomic E-state index is 12.1. The van der Waals surface area contributed by atoms with E-state index in [1.165, 1.54) is 32.1 Å². The lowest BCUT2D eigenvalue weighted by Crippen LogP contribution is -2.41. The van der Waals surface area contributed by atoms with E-state index in [4.69, 9.17) is 0 Å². The number of likely N-dealkylation sites (N-methyl/N-ethyl adjacent to an activating group) is 1. The molecule has 5 nitrogen and oxygen atoms in total. The number of nitrogens with zero attached hydrogens (tertiary/aromatic N) is 2. The first-order valence-electron chi connectivity index (χ1n) is 7.70. The molecule has 2 N–H and O–H groups in total. The van der Waals surface area contributed by atoms with Gasteiger partial charge in [-0.1, -0.05) is 32.1 Å². The predicted octanol–water partition coefficient (Wildman–Crippen LogP) is 2.07. The van der Waals surface area contributed by atoms with Gasteiger partial charge in [-0.3, -0.25) is 14.8 Å². The van der Waals surface area contributed by atoms with Gasteiger partial charge in [-0.25, -0.2) is 0 Å². The number of aromatic nitrogens is 2. The second-order valence-electron chi connectivity index (χ2n) is 5.86. The van der Waals surface area contributed by atoms with Gasteiger partial charge in [0, 0.05) is 24.5 Å². The highest BCUT2D eigenvalue weighted by atomic mass is 16.2. The molecule has 0 radical (unpaired) electrons. The van der Waals surface area contributed by atoms with Crippen molar-refractivity contribution in [3.05, 3.63) is 18.0 Å². The molecule has 0 atom stereocenters. The van der Waals surface area contributed by atoms with Crippen LogP contribution in [0.15, 0.2) is 12.3 Å². The van der Waals surface area contributed by atoms with Gasteiger partial charge in [-0.2, -0.15) is 5.10 Å². The number of carbonyl (C=O) groups excluding carboxylic acids is 1. The Morgan fingerprint density at radius 2 is 2.05 bits per heavy atom. The molecule has 1 heterocycles. The van der Waals surface area contributed by atoms with Crippen LogP contribution in [0.4, 0.5) is 0 Å². The van der Waals surface area contributed by atoms with E-state index in [-0.39, 0.29) is 5.91 Å². The Balaban J connectivity index is 1.70. The summed E-state index contributed by atoms with van der Waals surface area (Å²) in [6.07, 6.45) is 10.5. The standard InChI is InChI=1S/C15H26N4O/c1-19(11-14-9-10-16-18-14)12-15(20)17-13-7-5-3-2-4-6-8-13/h9-10,13H,2-8,11-12H2,1H3,(H,16,18)(H,17,20). The smallest absolute Gasteiger partial charge is 0.234 e. The molecule has 1 amide bonds. The molecule has 5 heteroatoms. The summed E-state index contributed by atoms with van der Waals surface area (Å²) in [4.78, 5) is 14.1. The van der Waals surface area contributed by atoms with Crippen molar-refractivity contribution in [3.63, 3.8) is 0 Å². The number of hydrogen-bond donors (Lipinski definition) is 2. The number of rotatable bonds is 5. The van der Waals surface area contributed by atoms with Crippen LogP contribution in [-0.2, 0) is 11.3 Å². The van der Waals surface area contributed by atoms with E-state index in [0.717, 1.165) is 25.1 Å². The van der Waals surface area contributed by atoms with Crippen molar-refractivity contribution < 1.29 is 4.79 Å². The number of carbonyl (C=O) groups is 1. The highest BCUT2D eigenvalue weighted by Gasteiger charge is 2.15. The summed E-state index contributed by atoms with van der Waals surface area (Å²) < 4.78 is 0. The van der Waals surface area contributed by atoms with E-state index in [1.807, 2.05) is 18.0 Å². The molecule has 1 aromatic rings. The SMILES string of the molecule is CN(CC(=O)NC1CCCCCCC1)Cc1ccn[nH]1. The largest absolute Gasteiger partial charge is 0.352 e. The fourth-order valence-corrected chi connectivity index (χ4v) is 2.84. The van der Waals surface area contributed by atoms with E-state index < -0.39 is 0 Å². The van der Waals surface area contributed by atoms with Crippen LogP contribution < -0.4 is 5.32 Å². The summed E-state index contributed by atoms with van der Waals surface area (Å²) in [5.41, 5.74) is 1.03. The number of amides is 1. The predicted molar refractivity (Wildman–Crippen MR) is 79.2 cm³/mol. The molecule has 2 rings (SSSR count). The molecule has 1 aromatic heterocycles. The highest BCUT2D eigenvalue weighted by Crippen LogP contribution is 2.17. The van der Waals surface area contributed by atoms with E-state index >= 15 is 0 Å². The molecule has 0 aliphatic heterocycles. The zero-order valence-electron chi connectivity index (χ0n) is 12.4. The van der Waals surface area contributed by atoms with Gasteiger partial charge in [-0.05, 0) is 26.0 Å². The van der Waals surface area contributed by atoms with Crippen molar-refractivity contribution in [3.8, 4) is 0 Å². The van der Waals surface area contributed by atoms with Crippen molar-refractivity contribution in [2.75, 3.05) is 13.6 Å². The molecule has 0 unspecified atom stereocenters. The molecule has 0 aromatic carbocycles. The Bertz CT molecular complexity index is 383. The van der Waals surface area contributed by atoms with Gasteiger partial charge in [-0.15, -0.1) is 0 Å². The Kier molecular flexibility index (Phi) is 6.05. The summed E-state index contributed by atoms with van der Waals surface area (Å²) in [7, 11) is 1.96. The third kappa shape index (κ3) is 5.33. The first-order chi connectivity index (χ1) is 9.74. The second kappa shape index (κ2) is 8.04. The van der Waals surface area contributed by atoms with Crippen LogP contribution in [0.3, 0.4) is 0 Å². The zero-order chi connectivity index (χ0) is 14.2. The molecule has 20 heavy (non-hydrogen) atoms. The van der Waals surface area contributed by atoms with Gasteiger partial charge in [0.2, 0.25) is 5.91 Å². The van der Waals surface area contributed by atoms with Crippen LogP contribution in [0.1, 0.15) is 50.6 Å². The molecule has 0 spiro atoms. The molecule has 112 valence electrons. The Hall–Kier alpha value is -1.36. The molecular formula is C15H26N4O.